The first kappa shape index (κ1) is 22.5. The van der Waals surface area contributed by atoms with Crippen LogP contribution >= 0.6 is 11.6 Å². The summed E-state index contributed by atoms with van der Waals surface area (Å²) in [4.78, 5) is 53.8. The first-order chi connectivity index (χ1) is 15.7. The van der Waals surface area contributed by atoms with Gasteiger partial charge in [0.15, 0.2) is 5.54 Å². The quantitative estimate of drug-likeness (QED) is 0.376. The number of hydrogen-bond acceptors (Lipinski definition) is 6. The van der Waals surface area contributed by atoms with Gasteiger partial charge in [-0.3, -0.25) is 24.1 Å². The maximum atomic E-state index is 13.9. The topological polar surface area (TPSA) is 124 Å². The van der Waals surface area contributed by atoms with Crippen molar-refractivity contribution in [2.24, 2.45) is 0 Å². The van der Waals surface area contributed by atoms with Crippen LogP contribution in [0.1, 0.15) is 11.1 Å². The van der Waals surface area contributed by atoms with Gasteiger partial charge in [0.25, 0.3) is 17.6 Å². The van der Waals surface area contributed by atoms with Gasteiger partial charge < -0.3 is 19.8 Å². The van der Waals surface area contributed by atoms with Crippen LogP contribution in [0.2, 0.25) is 5.02 Å². The molecule has 4 rings (SSSR count). The highest BCUT2D eigenvalue weighted by atomic mass is 35.5. The zero-order chi connectivity index (χ0) is 23.9. The number of anilines is 1. The molecule has 33 heavy (non-hydrogen) atoms. The van der Waals surface area contributed by atoms with Crippen LogP contribution < -0.4 is 4.90 Å². The lowest BCUT2D eigenvalue weighted by molar-refractivity contribution is -0.144. The predicted octanol–water partition coefficient (Wildman–Crippen LogP) is 1.99. The standard InChI is InChI=1S/C23H19ClN2O7/c1-33-11-10-26-21(31)20(30)18(19(29)13-6-8-14(24)9-7-13)23(26)15-4-2-3-5-16(15)25(22(23)32)12-17(27)28/h2-9,29H,10-12H2,1H3,(H,27,28)/t23-/m0/s1. The summed E-state index contributed by atoms with van der Waals surface area (Å²) < 4.78 is 5.08. The van der Waals surface area contributed by atoms with Crippen LogP contribution in [0.5, 0.6) is 0 Å². The maximum Gasteiger partial charge on any atom is 0.323 e. The fourth-order valence-corrected chi connectivity index (χ4v) is 4.52. The summed E-state index contributed by atoms with van der Waals surface area (Å²) in [5.41, 5.74) is -1.84. The molecule has 0 aliphatic carbocycles. The molecule has 2 heterocycles. The smallest absolute Gasteiger partial charge is 0.323 e. The molecule has 1 saturated heterocycles. The van der Waals surface area contributed by atoms with Crippen molar-refractivity contribution in [3.8, 4) is 0 Å². The van der Waals surface area contributed by atoms with Crippen LogP contribution in [0.3, 0.4) is 0 Å². The molecule has 1 atom stereocenters. The number of aliphatic hydroxyl groups is 1. The van der Waals surface area contributed by atoms with Crippen LogP contribution in [-0.2, 0) is 29.5 Å². The molecule has 2 amide bonds. The van der Waals surface area contributed by atoms with Gasteiger partial charge in [-0.05, 0) is 30.3 Å². The molecule has 2 aromatic carbocycles. The van der Waals surface area contributed by atoms with Crippen molar-refractivity contribution in [2.45, 2.75) is 5.54 Å². The Labute approximate surface area is 193 Å². The summed E-state index contributed by atoms with van der Waals surface area (Å²) >= 11 is 5.93. The lowest BCUT2D eigenvalue weighted by Gasteiger charge is -2.34. The summed E-state index contributed by atoms with van der Waals surface area (Å²) in [6.07, 6.45) is 0. The SMILES string of the molecule is COCCN1C(=O)C(=O)C(=C(O)c2ccc(Cl)cc2)[C@@]12C(=O)N(CC(=O)O)c1ccccc12. The van der Waals surface area contributed by atoms with Gasteiger partial charge in [-0.2, -0.15) is 0 Å². The summed E-state index contributed by atoms with van der Waals surface area (Å²) in [7, 11) is 1.40. The molecule has 0 saturated carbocycles. The van der Waals surface area contributed by atoms with Gasteiger partial charge in [0.2, 0.25) is 0 Å². The zero-order valence-electron chi connectivity index (χ0n) is 17.4. The third kappa shape index (κ3) is 3.28. The Morgan fingerprint density at radius 3 is 2.36 bits per heavy atom. The van der Waals surface area contributed by atoms with E-state index in [1.54, 1.807) is 12.1 Å². The predicted molar refractivity (Wildman–Crippen MR) is 118 cm³/mol. The Morgan fingerprint density at radius 1 is 1.06 bits per heavy atom. The second-order valence-electron chi connectivity index (χ2n) is 7.52. The van der Waals surface area contributed by atoms with E-state index in [1.165, 1.54) is 43.5 Å². The minimum Gasteiger partial charge on any atom is -0.507 e. The number of para-hydroxylation sites is 1. The first-order valence-electron chi connectivity index (χ1n) is 9.93. The Hall–Kier alpha value is -3.69. The van der Waals surface area contributed by atoms with Crippen LogP contribution in [0.4, 0.5) is 5.69 Å². The van der Waals surface area contributed by atoms with E-state index in [-0.39, 0.29) is 30.0 Å². The molecule has 9 nitrogen and oxygen atoms in total. The number of ketones is 1. The Bertz CT molecular complexity index is 1210. The van der Waals surface area contributed by atoms with Gasteiger partial charge in [-0.15, -0.1) is 0 Å². The highest BCUT2D eigenvalue weighted by molar-refractivity contribution is 6.50. The van der Waals surface area contributed by atoms with Gasteiger partial charge >= 0.3 is 5.97 Å². The van der Waals surface area contributed by atoms with Gasteiger partial charge in [0, 0.05) is 29.8 Å². The highest BCUT2D eigenvalue weighted by Crippen LogP contribution is 2.53. The average molecular weight is 471 g/mol. The van der Waals surface area contributed by atoms with Crippen molar-refractivity contribution in [1.29, 1.82) is 0 Å². The molecule has 1 spiro atoms. The number of carboxylic acids is 1. The van der Waals surface area contributed by atoms with E-state index in [1.807, 2.05) is 0 Å². The number of fused-ring (bicyclic) bond motifs is 2. The van der Waals surface area contributed by atoms with E-state index in [9.17, 15) is 29.4 Å². The monoisotopic (exact) mass is 470 g/mol. The second-order valence-corrected chi connectivity index (χ2v) is 7.96. The number of Topliss-reactive ketones (excluding diaryl/α,β-unsaturated/α-hetero) is 1. The van der Waals surface area contributed by atoms with Crippen molar-refractivity contribution < 1.29 is 34.1 Å². The fourth-order valence-electron chi connectivity index (χ4n) is 4.39. The summed E-state index contributed by atoms with van der Waals surface area (Å²) in [6, 6.07) is 12.2. The molecule has 1 fully saturated rings. The van der Waals surface area contributed by atoms with Gasteiger partial charge in [0.05, 0.1) is 17.9 Å². The highest BCUT2D eigenvalue weighted by Gasteiger charge is 2.67. The molecule has 2 aliphatic heterocycles. The lowest BCUT2D eigenvalue weighted by atomic mass is 9.82. The number of aliphatic hydroxyl groups excluding tert-OH is 1. The minimum absolute atomic E-state index is 0.00410. The minimum atomic E-state index is -2.04. The lowest BCUT2D eigenvalue weighted by Crippen LogP contribution is -2.53. The Kier molecular flexibility index (Phi) is 5.69. The van der Waals surface area contributed by atoms with E-state index in [0.717, 1.165) is 9.80 Å². The molecule has 0 radical (unpaired) electrons. The van der Waals surface area contributed by atoms with Crippen molar-refractivity contribution in [3.05, 3.63) is 70.3 Å². The molecule has 2 aromatic rings. The Balaban J connectivity index is 2.05. The number of halogens is 1. The largest absolute Gasteiger partial charge is 0.507 e. The number of hydrogen-bond donors (Lipinski definition) is 2. The molecular formula is C23H19ClN2O7. The van der Waals surface area contributed by atoms with Gasteiger partial charge in [0.1, 0.15) is 12.3 Å². The molecule has 0 bridgehead atoms. The molecule has 170 valence electrons. The molecule has 2 N–H and O–H groups in total. The van der Waals surface area contributed by atoms with Crippen molar-refractivity contribution in [1.82, 2.24) is 4.90 Å². The van der Waals surface area contributed by atoms with Crippen LogP contribution in [-0.4, -0.2) is 65.5 Å². The number of amides is 2. The van der Waals surface area contributed by atoms with E-state index in [4.69, 9.17) is 16.3 Å². The van der Waals surface area contributed by atoms with Crippen LogP contribution in [0.15, 0.2) is 54.1 Å². The van der Waals surface area contributed by atoms with E-state index in [2.05, 4.69) is 0 Å². The number of carbonyl (C=O) groups excluding carboxylic acids is 3. The number of carboxylic acid groups (broad SMARTS) is 1. The zero-order valence-corrected chi connectivity index (χ0v) is 18.2. The third-order valence-electron chi connectivity index (χ3n) is 5.74. The number of carbonyl (C=O) groups is 4. The number of methoxy groups -OCH3 is 1. The number of rotatable bonds is 6. The summed E-state index contributed by atoms with van der Waals surface area (Å²) in [6.45, 7) is -0.823. The summed E-state index contributed by atoms with van der Waals surface area (Å²) in [5.74, 6) is -4.72. The van der Waals surface area contributed by atoms with Crippen molar-refractivity contribution >= 4 is 46.6 Å². The van der Waals surface area contributed by atoms with E-state index in [0.29, 0.717) is 5.02 Å². The number of aliphatic carboxylic acids is 1. The number of likely N-dealkylation sites (tertiary alicyclic amines) is 1. The number of ether oxygens (including phenoxy) is 1. The third-order valence-corrected chi connectivity index (χ3v) is 5.99. The normalized spacial score (nSPS) is 21.2. The molecular weight excluding hydrogens is 452 g/mol. The van der Waals surface area contributed by atoms with E-state index >= 15 is 0 Å². The number of benzene rings is 2. The van der Waals surface area contributed by atoms with Crippen molar-refractivity contribution in [3.63, 3.8) is 0 Å². The molecule has 2 aliphatic rings. The van der Waals surface area contributed by atoms with Gasteiger partial charge in [-0.25, -0.2) is 0 Å². The van der Waals surface area contributed by atoms with E-state index < -0.39 is 47.0 Å². The Morgan fingerprint density at radius 2 is 1.73 bits per heavy atom. The van der Waals surface area contributed by atoms with Crippen LogP contribution in [0.25, 0.3) is 5.76 Å². The average Bonchev–Trinajstić information content (AvgIpc) is 3.16. The maximum absolute atomic E-state index is 13.9. The molecule has 0 unspecified atom stereocenters. The number of nitrogens with zero attached hydrogens (tertiary/aromatic N) is 2. The fraction of sp³-hybridized carbons (Fsp3) is 0.217. The first-order valence-corrected chi connectivity index (χ1v) is 10.3. The van der Waals surface area contributed by atoms with Crippen molar-refractivity contribution in [2.75, 3.05) is 31.7 Å². The van der Waals surface area contributed by atoms with Crippen LogP contribution in [0, 0.1) is 0 Å². The summed E-state index contributed by atoms with van der Waals surface area (Å²) in [5, 5.41) is 21.0. The van der Waals surface area contributed by atoms with Gasteiger partial charge in [-0.1, -0.05) is 29.8 Å². The molecule has 10 heteroatoms. The second kappa shape index (κ2) is 8.34. The molecule has 0 aromatic heterocycles.